The van der Waals surface area contributed by atoms with E-state index in [1.807, 2.05) is 6.07 Å². The van der Waals surface area contributed by atoms with Crippen molar-refractivity contribution in [2.45, 2.75) is 13.5 Å². The Hall–Kier alpha value is -2.14. The van der Waals surface area contributed by atoms with E-state index in [2.05, 4.69) is 4.98 Å². The molecule has 0 saturated carbocycles. The molecule has 0 aliphatic rings. The van der Waals surface area contributed by atoms with Gasteiger partial charge >= 0.3 is 5.97 Å². The molecule has 0 atom stereocenters. The monoisotopic (exact) mass is 261 g/mol. The van der Waals surface area contributed by atoms with Crippen LogP contribution in [0, 0.1) is 0 Å². The number of carbonyl (C=O) groups is 1. The highest BCUT2D eigenvalue weighted by Gasteiger charge is 2.14. The average Bonchev–Trinajstić information content (AvgIpc) is 2.40. The van der Waals surface area contributed by atoms with Crippen LogP contribution in [0.4, 0.5) is 0 Å². The summed E-state index contributed by atoms with van der Waals surface area (Å²) in [5, 5.41) is 0.458. The minimum absolute atomic E-state index is 0.0175. The molecule has 19 heavy (non-hydrogen) atoms. The third kappa shape index (κ3) is 2.51. The van der Waals surface area contributed by atoms with Crippen LogP contribution in [0.2, 0.25) is 0 Å². The molecule has 0 radical (unpaired) electrons. The Morgan fingerprint density at radius 3 is 2.84 bits per heavy atom. The summed E-state index contributed by atoms with van der Waals surface area (Å²) in [5.41, 5.74) is 1.24. The molecular weight excluding hydrogens is 246 g/mol. The van der Waals surface area contributed by atoms with Crippen LogP contribution in [0.15, 0.2) is 29.2 Å². The van der Waals surface area contributed by atoms with E-state index in [1.54, 1.807) is 26.2 Å². The largest absolute Gasteiger partial charge is 0.462 e. The molecule has 0 fully saturated rings. The second kappa shape index (κ2) is 5.67. The number of H-pyrrole nitrogens is 1. The lowest BCUT2D eigenvalue weighted by molar-refractivity contribution is 0.0524. The lowest BCUT2D eigenvalue weighted by atomic mass is 10.1. The first kappa shape index (κ1) is 13.3. The third-order valence-corrected chi connectivity index (χ3v) is 2.80. The smallest absolute Gasteiger partial charge is 0.343 e. The molecule has 5 nitrogen and oxygen atoms in total. The number of ether oxygens (including phenoxy) is 2. The second-order valence-electron chi connectivity index (χ2n) is 4.02. The van der Waals surface area contributed by atoms with Crippen LogP contribution in [0.3, 0.4) is 0 Å². The molecule has 0 aliphatic heterocycles. The Labute approximate surface area is 110 Å². The topological polar surface area (TPSA) is 68.4 Å². The highest BCUT2D eigenvalue weighted by atomic mass is 16.5. The number of benzene rings is 1. The van der Waals surface area contributed by atoms with Crippen molar-refractivity contribution in [2.24, 2.45) is 0 Å². The molecule has 0 amide bonds. The number of aromatic amines is 1. The normalized spacial score (nSPS) is 10.6. The van der Waals surface area contributed by atoms with E-state index in [1.165, 1.54) is 6.20 Å². The molecule has 1 aromatic carbocycles. The van der Waals surface area contributed by atoms with E-state index >= 15 is 0 Å². The summed E-state index contributed by atoms with van der Waals surface area (Å²) in [4.78, 5) is 26.9. The molecule has 1 aromatic heterocycles. The van der Waals surface area contributed by atoms with Crippen molar-refractivity contribution in [3.05, 3.63) is 45.7 Å². The molecule has 100 valence electrons. The number of para-hydroxylation sites is 1. The number of fused-ring (bicyclic) bond motifs is 1. The summed E-state index contributed by atoms with van der Waals surface area (Å²) in [5.74, 6) is -0.609. The number of carbonyl (C=O) groups excluding carboxylic acids is 1. The molecule has 2 rings (SSSR count). The summed E-state index contributed by atoms with van der Waals surface area (Å²) in [7, 11) is 1.59. The molecule has 0 spiro atoms. The first-order valence-corrected chi connectivity index (χ1v) is 5.98. The zero-order valence-corrected chi connectivity index (χ0v) is 10.9. The molecule has 0 saturated heterocycles. The van der Waals surface area contributed by atoms with Crippen molar-refractivity contribution in [2.75, 3.05) is 13.7 Å². The first-order valence-electron chi connectivity index (χ1n) is 5.98. The van der Waals surface area contributed by atoms with Gasteiger partial charge in [-0.3, -0.25) is 4.79 Å². The van der Waals surface area contributed by atoms with E-state index < -0.39 is 5.97 Å². The number of esters is 1. The van der Waals surface area contributed by atoms with Gasteiger partial charge < -0.3 is 14.5 Å². The second-order valence-corrected chi connectivity index (χ2v) is 4.02. The van der Waals surface area contributed by atoms with Crippen LogP contribution in [0.1, 0.15) is 22.8 Å². The summed E-state index contributed by atoms with van der Waals surface area (Å²) < 4.78 is 9.93. The van der Waals surface area contributed by atoms with Gasteiger partial charge in [0.05, 0.1) is 18.7 Å². The maximum atomic E-state index is 12.2. The van der Waals surface area contributed by atoms with E-state index in [0.29, 0.717) is 17.5 Å². The van der Waals surface area contributed by atoms with Gasteiger partial charge in [-0.2, -0.15) is 0 Å². The van der Waals surface area contributed by atoms with Gasteiger partial charge in [0, 0.05) is 24.3 Å². The van der Waals surface area contributed by atoms with Crippen LogP contribution in [-0.2, 0) is 16.1 Å². The van der Waals surface area contributed by atoms with Crippen LogP contribution < -0.4 is 5.43 Å². The van der Waals surface area contributed by atoms with Gasteiger partial charge in [0.1, 0.15) is 5.56 Å². The van der Waals surface area contributed by atoms with Gasteiger partial charge in [-0.25, -0.2) is 4.79 Å². The number of nitrogens with one attached hydrogen (secondary N) is 1. The SMILES string of the molecule is CCOC(=O)c1c[nH]c2c(COC)cccc2c1=O. The summed E-state index contributed by atoms with van der Waals surface area (Å²) in [6.07, 6.45) is 1.39. The maximum absolute atomic E-state index is 12.2. The predicted octanol–water partition coefficient (Wildman–Crippen LogP) is 1.85. The summed E-state index contributed by atoms with van der Waals surface area (Å²) in [6, 6.07) is 5.31. The standard InChI is InChI=1S/C14H15NO4/c1-3-19-14(17)11-7-15-12-9(8-18-2)5-4-6-10(12)13(11)16/h4-7H,3,8H2,1-2H3,(H,15,16). The van der Waals surface area contributed by atoms with Crippen LogP contribution in [0.25, 0.3) is 10.9 Å². The predicted molar refractivity (Wildman–Crippen MR) is 71.2 cm³/mol. The zero-order valence-electron chi connectivity index (χ0n) is 10.9. The van der Waals surface area contributed by atoms with Crippen molar-refractivity contribution in [1.29, 1.82) is 0 Å². The fraction of sp³-hybridized carbons (Fsp3) is 0.286. The van der Waals surface area contributed by atoms with Gasteiger partial charge in [-0.1, -0.05) is 12.1 Å². The zero-order chi connectivity index (χ0) is 13.8. The lowest BCUT2D eigenvalue weighted by Crippen LogP contribution is -2.18. The van der Waals surface area contributed by atoms with E-state index in [4.69, 9.17) is 9.47 Å². The minimum atomic E-state index is -0.609. The first-order chi connectivity index (χ1) is 9.19. The number of hydrogen-bond acceptors (Lipinski definition) is 4. The van der Waals surface area contributed by atoms with Gasteiger partial charge in [-0.05, 0) is 13.0 Å². The Kier molecular flexibility index (Phi) is 3.97. The lowest BCUT2D eigenvalue weighted by Gasteiger charge is -2.07. The Morgan fingerprint density at radius 2 is 2.16 bits per heavy atom. The highest BCUT2D eigenvalue weighted by molar-refractivity contribution is 5.94. The minimum Gasteiger partial charge on any atom is -0.462 e. The van der Waals surface area contributed by atoms with Gasteiger partial charge in [0.25, 0.3) is 0 Å². The van der Waals surface area contributed by atoms with E-state index in [0.717, 1.165) is 5.56 Å². The van der Waals surface area contributed by atoms with Crippen molar-refractivity contribution < 1.29 is 14.3 Å². The molecule has 1 heterocycles. The molecule has 0 aliphatic carbocycles. The highest BCUT2D eigenvalue weighted by Crippen LogP contribution is 2.15. The average molecular weight is 261 g/mol. The maximum Gasteiger partial charge on any atom is 0.343 e. The van der Waals surface area contributed by atoms with Crippen LogP contribution in [-0.4, -0.2) is 24.7 Å². The molecular formula is C14H15NO4. The quantitative estimate of drug-likeness (QED) is 0.853. The van der Waals surface area contributed by atoms with Gasteiger partial charge in [-0.15, -0.1) is 0 Å². The van der Waals surface area contributed by atoms with Crippen molar-refractivity contribution in [1.82, 2.24) is 4.98 Å². The number of rotatable bonds is 4. The van der Waals surface area contributed by atoms with Crippen LogP contribution >= 0.6 is 0 Å². The van der Waals surface area contributed by atoms with Crippen molar-refractivity contribution in [3.63, 3.8) is 0 Å². The summed E-state index contributed by atoms with van der Waals surface area (Å²) in [6.45, 7) is 2.33. The van der Waals surface area contributed by atoms with Gasteiger partial charge in [0.15, 0.2) is 0 Å². The number of aromatic nitrogens is 1. The Morgan fingerprint density at radius 1 is 1.37 bits per heavy atom. The Balaban J connectivity index is 2.60. The van der Waals surface area contributed by atoms with E-state index in [9.17, 15) is 9.59 Å². The third-order valence-electron chi connectivity index (χ3n) is 2.80. The van der Waals surface area contributed by atoms with Crippen LogP contribution in [0.5, 0.6) is 0 Å². The number of hydrogen-bond donors (Lipinski definition) is 1. The Bertz CT molecular complexity index is 660. The number of pyridine rings is 1. The molecule has 1 N–H and O–H groups in total. The molecule has 2 aromatic rings. The summed E-state index contributed by atoms with van der Waals surface area (Å²) >= 11 is 0. The molecule has 0 unspecified atom stereocenters. The number of methoxy groups -OCH3 is 1. The van der Waals surface area contributed by atoms with Gasteiger partial charge in [0.2, 0.25) is 5.43 Å². The molecule has 5 heteroatoms. The fourth-order valence-corrected chi connectivity index (χ4v) is 1.95. The van der Waals surface area contributed by atoms with Crippen molar-refractivity contribution in [3.8, 4) is 0 Å². The van der Waals surface area contributed by atoms with Crippen molar-refractivity contribution >= 4 is 16.9 Å². The fourth-order valence-electron chi connectivity index (χ4n) is 1.95. The molecule has 0 bridgehead atoms. The van der Waals surface area contributed by atoms with E-state index in [-0.39, 0.29) is 17.6 Å².